The van der Waals surface area contributed by atoms with Crippen LogP contribution in [0, 0.1) is 11.6 Å². The van der Waals surface area contributed by atoms with Crippen molar-refractivity contribution < 1.29 is 26.7 Å². The summed E-state index contributed by atoms with van der Waals surface area (Å²) < 4.78 is 65.0. The normalized spacial score (nSPS) is 20.3. The molecule has 4 rings (SSSR count). The smallest absolute Gasteiger partial charge is 0.243 e. The number of hydrogen-bond donors (Lipinski definition) is 0. The molecule has 1 atom stereocenters. The summed E-state index contributed by atoms with van der Waals surface area (Å²) in [5.41, 5.74) is 0.790. The van der Waals surface area contributed by atoms with Crippen molar-refractivity contribution in [3.05, 3.63) is 53.6 Å². The molecule has 0 aromatic heterocycles. The van der Waals surface area contributed by atoms with Gasteiger partial charge in [-0.2, -0.15) is 4.31 Å². The molecule has 2 heterocycles. The van der Waals surface area contributed by atoms with Crippen molar-refractivity contribution in [2.24, 2.45) is 0 Å². The van der Waals surface area contributed by atoms with E-state index in [0.717, 1.165) is 23.8 Å². The van der Waals surface area contributed by atoms with Crippen LogP contribution in [0.2, 0.25) is 0 Å². The Morgan fingerprint density at radius 3 is 2.50 bits per heavy atom. The molecule has 0 bridgehead atoms. The van der Waals surface area contributed by atoms with Crippen LogP contribution in [0.15, 0.2) is 41.3 Å². The van der Waals surface area contributed by atoms with E-state index in [0.29, 0.717) is 44.1 Å². The van der Waals surface area contributed by atoms with E-state index in [1.807, 2.05) is 6.07 Å². The van der Waals surface area contributed by atoms with Crippen LogP contribution >= 0.6 is 0 Å². The van der Waals surface area contributed by atoms with Crippen molar-refractivity contribution in [3.8, 4) is 11.5 Å². The van der Waals surface area contributed by atoms with Crippen LogP contribution in [0.25, 0.3) is 0 Å². The maximum absolute atomic E-state index is 13.5. The molecule has 1 saturated heterocycles. The van der Waals surface area contributed by atoms with Gasteiger partial charge in [0.25, 0.3) is 0 Å². The first-order valence-corrected chi connectivity index (χ1v) is 9.77. The van der Waals surface area contributed by atoms with Gasteiger partial charge in [-0.1, -0.05) is 6.07 Å². The molecular formula is C18H17F2NO4S. The lowest BCUT2D eigenvalue weighted by molar-refractivity contribution is 0.171. The van der Waals surface area contributed by atoms with Crippen LogP contribution in [-0.4, -0.2) is 32.5 Å². The fraction of sp³-hybridized carbons (Fsp3) is 0.333. The number of nitrogens with zero attached hydrogens (tertiary/aromatic N) is 1. The number of sulfonamides is 1. The minimum Gasteiger partial charge on any atom is -0.486 e. The molecule has 0 saturated carbocycles. The van der Waals surface area contributed by atoms with Gasteiger partial charge in [-0.25, -0.2) is 17.2 Å². The molecule has 2 aliphatic rings. The lowest BCUT2D eigenvalue weighted by Gasteiger charge is -2.26. The standard InChI is InChI=1S/C18H17F2NO4S/c19-14-5-4-13(11-15(14)20)26(22,23)21-7-1-2-16(21)12-3-6-17-18(10-12)25-9-8-24-17/h3-6,10-11,16H,1-2,7-9H2/t16-/m1/s1. The monoisotopic (exact) mass is 381 g/mol. The third-order valence-electron chi connectivity index (χ3n) is 4.65. The van der Waals surface area contributed by atoms with Gasteiger partial charge in [0.2, 0.25) is 10.0 Å². The van der Waals surface area contributed by atoms with E-state index in [1.165, 1.54) is 4.31 Å². The molecule has 2 aromatic carbocycles. The highest BCUT2D eigenvalue weighted by Gasteiger charge is 2.37. The molecule has 2 aliphatic heterocycles. The highest BCUT2D eigenvalue weighted by Crippen LogP contribution is 2.40. The molecule has 26 heavy (non-hydrogen) atoms. The molecule has 0 spiro atoms. The highest BCUT2D eigenvalue weighted by molar-refractivity contribution is 7.89. The fourth-order valence-electron chi connectivity index (χ4n) is 3.40. The summed E-state index contributed by atoms with van der Waals surface area (Å²) in [6.45, 7) is 1.24. The van der Waals surface area contributed by atoms with E-state index in [-0.39, 0.29) is 10.9 Å². The van der Waals surface area contributed by atoms with Crippen molar-refractivity contribution in [2.75, 3.05) is 19.8 Å². The Morgan fingerprint density at radius 2 is 1.73 bits per heavy atom. The average molecular weight is 381 g/mol. The minimum atomic E-state index is -3.94. The average Bonchev–Trinajstić information content (AvgIpc) is 3.14. The molecule has 0 N–H and O–H groups in total. The van der Waals surface area contributed by atoms with Gasteiger partial charge in [-0.15, -0.1) is 0 Å². The number of hydrogen-bond acceptors (Lipinski definition) is 4. The first-order chi connectivity index (χ1) is 12.5. The Balaban J connectivity index is 1.69. The second-order valence-electron chi connectivity index (χ2n) is 6.25. The molecular weight excluding hydrogens is 364 g/mol. The Labute approximate surface area is 150 Å². The van der Waals surface area contributed by atoms with E-state index in [9.17, 15) is 17.2 Å². The molecule has 8 heteroatoms. The first kappa shape index (κ1) is 17.2. The molecule has 2 aromatic rings. The van der Waals surface area contributed by atoms with E-state index in [1.54, 1.807) is 12.1 Å². The summed E-state index contributed by atoms with van der Waals surface area (Å²) in [5.74, 6) is -1.03. The predicted molar refractivity (Wildman–Crippen MR) is 89.7 cm³/mol. The number of ether oxygens (including phenoxy) is 2. The first-order valence-electron chi connectivity index (χ1n) is 8.33. The second-order valence-corrected chi connectivity index (χ2v) is 8.14. The van der Waals surface area contributed by atoms with Crippen LogP contribution in [0.5, 0.6) is 11.5 Å². The van der Waals surface area contributed by atoms with Gasteiger partial charge in [0.05, 0.1) is 10.9 Å². The van der Waals surface area contributed by atoms with Crippen LogP contribution < -0.4 is 9.47 Å². The summed E-state index contributed by atoms with van der Waals surface area (Å²) >= 11 is 0. The largest absolute Gasteiger partial charge is 0.486 e. The van der Waals surface area contributed by atoms with Crippen LogP contribution in [0.3, 0.4) is 0 Å². The number of rotatable bonds is 3. The fourth-order valence-corrected chi connectivity index (χ4v) is 5.10. The van der Waals surface area contributed by atoms with Crippen molar-refractivity contribution in [2.45, 2.75) is 23.8 Å². The van der Waals surface area contributed by atoms with E-state index >= 15 is 0 Å². The molecule has 0 aliphatic carbocycles. The zero-order valence-corrected chi connectivity index (χ0v) is 14.6. The third-order valence-corrected chi connectivity index (χ3v) is 6.56. The second kappa shape index (κ2) is 6.51. The number of benzene rings is 2. The molecule has 1 fully saturated rings. The summed E-state index contributed by atoms with van der Waals surface area (Å²) in [7, 11) is -3.94. The van der Waals surface area contributed by atoms with Gasteiger partial charge in [0.1, 0.15) is 13.2 Å². The van der Waals surface area contributed by atoms with Gasteiger partial charge in [0.15, 0.2) is 23.1 Å². The minimum absolute atomic E-state index is 0.249. The number of halogens is 2. The summed E-state index contributed by atoms with van der Waals surface area (Å²) in [4.78, 5) is -0.249. The molecule has 138 valence electrons. The highest BCUT2D eigenvalue weighted by atomic mass is 32.2. The van der Waals surface area contributed by atoms with Crippen molar-refractivity contribution in [1.29, 1.82) is 0 Å². The molecule has 5 nitrogen and oxygen atoms in total. The Hall–Kier alpha value is -2.19. The zero-order valence-electron chi connectivity index (χ0n) is 13.8. The van der Waals surface area contributed by atoms with E-state index in [4.69, 9.17) is 9.47 Å². The van der Waals surface area contributed by atoms with Crippen LogP contribution in [-0.2, 0) is 10.0 Å². The van der Waals surface area contributed by atoms with Crippen molar-refractivity contribution >= 4 is 10.0 Å². The molecule has 0 amide bonds. The Kier molecular flexibility index (Phi) is 4.32. The Bertz CT molecular complexity index is 948. The topological polar surface area (TPSA) is 55.8 Å². The third kappa shape index (κ3) is 2.93. The van der Waals surface area contributed by atoms with Crippen LogP contribution in [0.1, 0.15) is 24.4 Å². The quantitative estimate of drug-likeness (QED) is 0.819. The SMILES string of the molecule is O=S(=O)(c1ccc(F)c(F)c1)N1CCC[C@@H]1c1ccc2c(c1)OCCO2. The summed E-state index contributed by atoms with van der Waals surface area (Å²) in [6, 6.07) is 7.64. The van der Waals surface area contributed by atoms with Crippen molar-refractivity contribution in [3.63, 3.8) is 0 Å². The van der Waals surface area contributed by atoms with E-state index < -0.39 is 21.7 Å². The lowest BCUT2D eigenvalue weighted by atomic mass is 10.0. The van der Waals surface area contributed by atoms with Gasteiger partial charge < -0.3 is 9.47 Å². The van der Waals surface area contributed by atoms with E-state index in [2.05, 4.69) is 0 Å². The zero-order chi connectivity index (χ0) is 18.3. The Morgan fingerprint density at radius 1 is 0.962 bits per heavy atom. The van der Waals surface area contributed by atoms with Gasteiger partial charge >= 0.3 is 0 Å². The molecule has 0 radical (unpaired) electrons. The van der Waals surface area contributed by atoms with Crippen molar-refractivity contribution in [1.82, 2.24) is 4.31 Å². The number of fused-ring (bicyclic) bond motifs is 1. The van der Waals surface area contributed by atoms with Gasteiger partial charge in [0, 0.05) is 6.54 Å². The summed E-state index contributed by atoms with van der Waals surface area (Å²) in [6.07, 6.45) is 1.32. The lowest BCUT2D eigenvalue weighted by Crippen LogP contribution is -2.31. The molecule has 0 unspecified atom stereocenters. The predicted octanol–water partition coefficient (Wildman–Crippen LogP) is 3.26. The maximum Gasteiger partial charge on any atom is 0.243 e. The van der Waals surface area contributed by atoms with Gasteiger partial charge in [-0.3, -0.25) is 0 Å². The summed E-state index contributed by atoms with van der Waals surface area (Å²) in [5, 5.41) is 0. The van der Waals surface area contributed by atoms with Crippen LogP contribution in [0.4, 0.5) is 8.78 Å². The van der Waals surface area contributed by atoms with Gasteiger partial charge in [-0.05, 0) is 48.7 Å². The maximum atomic E-state index is 13.5.